The van der Waals surface area contributed by atoms with Crippen LogP contribution in [0.2, 0.25) is 0 Å². The summed E-state index contributed by atoms with van der Waals surface area (Å²) in [4.78, 5) is 23.0. The van der Waals surface area contributed by atoms with Crippen molar-refractivity contribution in [2.75, 3.05) is 6.61 Å². The van der Waals surface area contributed by atoms with E-state index in [0.717, 1.165) is 5.57 Å². The molecule has 0 radical (unpaired) electrons. The van der Waals surface area contributed by atoms with Gasteiger partial charge in [0.05, 0.1) is 12.5 Å². The summed E-state index contributed by atoms with van der Waals surface area (Å²) >= 11 is 6.25. The number of benzene rings is 1. The molecule has 1 aromatic rings. The number of carboxylic acid groups (broad SMARTS) is 1. The van der Waals surface area contributed by atoms with E-state index < -0.39 is 23.5 Å². The van der Waals surface area contributed by atoms with Gasteiger partial charge in [-0.05, 0) is 36.6 Å². The zero-order valence-electron chi connectivity index (χ0n) is 14.2. The maximum atomic E-state index is 11.6. The van der Waals surface area contributed by atoms with Crippen molar-refractivity contribution in [3.8, 4) is 5.75 Å². The molecule has 0 fully saturated rings. The van der Waals surface area contributed by atoms with Crippen molar-refractivity contribution in [2.45, 2.75) is 26.7 Å². The highest BCUT2D eigenvalue weighted by molar-refractivity contribution is 6.31. The SMILES string of the molecule is CC1(C)C(CCCOC(=O)Oc2ccccc2)=C(Cl)C=CC1C(=O)O. The van der Waals surface area contributed by atoms with Crippen molar-refractivity contribution in [1.82, 2.24) is 0 Å². The second-order valence-electron chi connectivity index (χ2n) is 6.34. The van der Waals surface area contributed by atoms with Crippen LogP contribution < -0.4 is 4.74 Å². The zero-order chi connectivity index (χ0) is 18.4. The number of carbonyl (C=O) groups excluding carboxylic acids is 1. The standard InChI is InChI=1S/C19H21ClO5/c1-19(2)14(16(20)11-10-15(19)17(21)22)9-6-12-24-18(23)25-13-7-4-3-5-8-13/h3-5,7-8,10-11,15H,6,9,12H2,1-2H3,(H,21,22). The fourth-order valence-electron chi connectivity index (χ4n) is 2.87. The van der Waals surface area contributed by atoms with Gasteiger partial charge in [-0.25, -0.2) is 4.79 Å². The lowest BCUT2D eigenvalue weighted by Crippen LogP contribution is -2.33. The van der Waals surface area contributed by atoms with Gasteiger partial charge in [-0.1, -0.05) is 49.7 Å². The smallest absolute Gasteiger partial charge is 0.481 e. The van der Waals surface area contributed by atoms with E-state index in [1.54, 1.807) is 36.4 Å². The number of hydrogen-bond acceptors (Lipinski definition) is 4. The van der Waals surface area contributed by atoms with Crippen LogP contribution in [0.3, 0.4) is 0 Å². The first-order valence-corrected chi connectivity index (χ1v) is 8.40. The Morgan fingerprint density at radius 1 is 1.24 bits per heavy atom. The molecule has 134 valence electrons. The lowest BCUT2D eigenvalue weighted by molar-refractivity contribution is -0.142. The summed E-state index contributed by atoms with van der Waals surface area (Å²) in [6.07, 6.45) is 3.54. The van der Waals surface area contributed by atoms with Crippen molar-refractivity contribution in [2.24, 2.45) is 11.3 Å². The van der Waals surface area contributed by atoms with Gasteiger partial charge in [0.25, 0.3) is 0 Å². The quantitative estimate of drug-likeness (QED) is 0.447. The van der Waals surface area contributed by atoms with Gasteiger partial charge in [0.2, 0.25) is 0 Å². The Bertz CT molecular complexity index is 691. The third-order valence-electron chi connectivity index (χ3n) is 4.28. The van der Waals surface area contributed by atoms with Crippen molar-refractivity contribution >= 4 is 23.7 Å². The van der Waals surface area contributed by atoms with Crippen LogP contribution in [0.1, 0.15) is 26.7 Å². The first-order valence-electron chi connectivity index (χ1n) is 8.02. The molecule has 0 saturated carbocycles. The monoisotopic (exact) mass is 364 g/mol. The molecule has 1 aromatic carbocycles. The van der Waals surface area contributed by atoms with Crippen LogP contribution in [-0.4, -0.2) is 23.8 Å². The van der Waals surface area contributed by atoms with Gasteiger partial charge in [-0.2, -0.15) is 0 Å². The van der Waals surface area contributed by atoms with Crippen LogP contribution in [0.15, 0.2) is 53.1 Å². The number of carboxylic acids is 1. The third-order valence-corrected chi connectivity index (χ3v) is 4.63. The molecule has 0 aromatic heterocycles. The summed E-state index contributed by atoms with van der Waals surface area (Å²) in [6.45, 7) is 3.88. The second kappa shape index (κ2) is 8.21. The molecule has 0 aliphatic heterocycles. The van der Waals surface area contributed by atoms with E-state index in [-0.39, 0.29) is 6.61 Å². The molecule has 1 aliphatic rings. The van der Waals surface area contributed by atoms with Crippen molar-refractivity contribution in [3.63, 3.8) is 0 Å². The Balaban J connectivity index is 1.85. The van der Waals surface area contributed by atoms with Crippen LogP contribution in [0.25, 0.3) is 0 Å². The minimum absolute atomic E-state index is 0.164. The molecule has 25 heavy (non-hydrogen) atoms. The van der Waals surface area contributed by atoms with Gasteiger partial charge in [-0.3, -0.25) is 4.79 Å². The first kappa shape index (κ1) is 19.1. The molecule has 6 heteroatoms. The van der Waals surface area contributed by atoms with Gasteiger partial charge in [0.15, 0.2) is 0 Å². The van der Waals surface area contributed by atoms with E-state index in [1.807, 2.05) is 19.9 Å². The van der Waals surface area contributed by atoms with E-state index in [9.17, 15) is 14.7 Å². The summed E-state index contributed by atoms with van der Waals surface area (Å²) in [5.41, 5.74) is 0.256. The number of hydrogen-bond donors (Lipinski definition) is 1. The number of rotatable bonds is 6. The van der Waals surface area contributed by atoms with Gasteiger partial charge in [0, 0.05) is 10.4 Å². The number of ether oxygens (including phenoxy) is 2. The number of allylic oxidation sites excluding steroid dienone is 3. The average Bonchev–Trinajstić information content (AvgIpc) is 2.54. The van der Waals surface area contributed by atoms with E-state index in [2.05, 4.69) is 0 Å². The molecule has 1 N–H and O–H groups in total. The summed E-state index contributed by atoms with van der Waals surface area (Å²) in [6, 6.07) is 8.66. The Labute approximate surface area is 151 Å². The predicted octanol–water partition coefficient (Wildman–Crippen LogP) is 4.77. The first-order chi connectivity index (χ1) is 11.8. The van der Waals surface area contributed by atoms with Gasteiger partial charge < -0.3 is 14.6 Å². The predicted molar refractivity (Wildman–Crippen MR) is 94.6 cm³/mol. The van der Waals surface area contributed by atoms with E-state index in [4.69, 9.17) is 21.1 Å². The number of carbonyl (C=O) groups is 2. The molecule has 5 nitrogen and oxygen atoms in total. The highest BCUT2D eigenvalue weighted by Crippen LogP contribution is 2.44. The highest BCUT2D eigenvalue weighted by Gasteiger charge is 2.39. The van der Waals surface area contributed by atoms with Crippen molar-refractivity contribution in [1.29, 1.82) is 0 Å². The van der Waals surface area contributed by atoms with Gasteiger partial charge >= 0.3 is 12.1 Å². The van der Waals surface area contributed by atoms with Gasteiger partial charge in [-0.15, -0.1) is 0 Å². The minimum atomic E-state index is -0.884. The molecule has 0 heterocycles. The summed E-state index contributed by atoms with van der Waals surface area (Å²) in [5, 5.41) is 9.91. The highest BCUT2D eigenvalue weighted by atomic mass is 35.5. The molecule has 1 unspecified atom stereocenters. The van der Waals surface area contributed by atoms with Crippen LogP contribution in [0, 0.1) is 11.3 Å². The fourth-order valence-corrected chi connectivity index (χ4v) is 3.28. The Kier molecular flexibility index (Phi) is 6.26. The molecule has 0 amide bonds. The summed E-state index contributed by atoms with van der Waals surface area (Å²) in [5.74, 6) is -1.10. The van der Waals surface area contributed by atoms with Crippen LogP contribution in [-0.2, 0) is 9.53 Å². The zero-order valence-corrected chi connectivity index (χ0v) is 15.0. The molecule has 0 spiro atoms. The molecule has 0 saturated heterocycles. The van der Waals surface area contributed by atoms with Crippen molar-refractivity contribution < 1.29 is 24.2 Å². The lowest BCUT2D eigenvalue weighted by atomic mass is 9.69. The largest absolute Gasteiger partial charge is 0.513 e. The lowest BCUT2D eigenvalue weighted by Gasteiger charge is -2.35. The summed E-state index contributed by atoms with van der Waals surface area (Å²) in [7, 11) is 0. The minimum Gasteiger partial charge on any atom is -0.481 e. The third kappa shape index (κ3) is 4.86. The van der Waals surface area contributed by atoms with Crippen molar-refractivity contribution in [3.05, 3.63) is 53.1 Å². The summed E-state index contributed by atoms with van der Waals surface area (Å²) < 4.78 is 10.1. The van der Waals surface area contributed by atoms with Crippen LogP contribution in [0.4, 0.5) is 4.79 Å². The number of para-hydroxylation sites is 1. The van der Waals surface area contributed by atoms with Crippen LogP contribution >= 0.6 is 11.6 Å². The Morgan fingerprint density at radius 2 is 1.92 bits per heavy atom. The Hall–Kier alpha value is -2.27. The van der Waals surface area contributed by atoms with E-state index >= 15 is 0 Å². The fraction of sp³-hybridized carbons (Fsp3) is 0.368. The molecular formula is C19H21ClO5. The van der Waals surface area contributed by atoms with E-state index in [1.165, 1.54) is 0 Å². The maximum Gasteiger partial charge on any atom is 0.513 e. The average molecular weight is 365 g/mol. The maximum absolute atomic E-state index is 11.6. The molecule has 1 aliphatic carbocycles. The van der Waals surface area contributed by atoms with Crippen LogP contribution in [0.5, 0.6) is 5.75 Å². The van der Waals surface area contributed by atoms with Gasteiger partial charge in [0.1, 0.15) is 5.75 Å². The molecule has 1 atom stereocenters. The second-order valence-corrected chi connectivity index (χ2v) is 6.75. The van der Waals surface area contributed by atoms with E-state index in [0.29, 0.717) is 23.6 Å². The normalized spacial score (nSPS) is 18.8. The number of aliphatic carboxylic acids is 1. The molecule has 0 bridgehead atoms. The Morgan fingerprint density at radius 3 is 2.56 bits per heavy atom. The molecule has 2 rings (SSSR count). The molecular weight excluding hydrogens is 344 g/mol. The topological polar surface area (TPSA) is 72.8 Å². The number of halogens is 1.